The minimum absolute atomic E-state index is 0.00467. The van der Waals surface area contributed by atoms with E-state index in [0.29, 0.717) is 21.0 Å². The second kappa shape index (κ2) is 8.95. The van der Waals surface area contributed by atoms with Crippen molar-refractivity contribution in [3.8, 4) is 0 Å². The van der Waals surface area contributed by atoms with Crippen LogP contribution in [-0.4, -0.2) is 40.7 Å². The summed E-state index contributed by atoms with van der Waals surface area (Å²) in [6.07, 6.45) is 0.494. The summed E-state index contributed by atoms with van der Waals surface area (Å²) in [5.41, 5.74) is 0.654. The first kappa shape index (κ1) is 20.1. The summed E-state index contributed by atoms with van der Waals surface area (Å²) in [6.45, 7) is 3.91. The number of fused-ring (bicyclic) bond motifs is 1. The first-order chi connectivity index (χ1) is 12.3. The normalized spacial score (nSPS) is 12.2. The molecule has 0 saturated heterocycles. The number of ether oxygens (including phenoxy) is 1. The molecule has 1 heterocycles. The highest BCUT2D eigenvalue weighted by atomic mass is 32.2. The first-order valence-electron chi connectivity index (χ1n) is 7.85. The molecule has 0 aliphatic carbocycles. The van der Waals surface area contributed by atoms with Crippen molar-refractivity contribution in [3.63, 3.8) is 0 Å². The van der Waals surface area contributed by atoms with Crippen molar-refractivity contribution >= 4 is 50.9 Å². The number of amides is 1. The summed E-state index contributed by atoms with van der Waals surface area (Å²) in [6, 6.07) is 3.78. The molecule has 0 fully saturated rings. The fraction of sp³-hybridized carbons (Fsp3) is 0.438. The molecule has 0 bridgehead atoms. The Labute approximate surface area is 158 Å². The number of carbonyl (C=O) groups is 2. The first-order valence-corrected chi connectivity index (χ1v) is 9.65. The van der Waals surface area contributed by atoms with E-state index in [1.807, 2.05) is 13.8 Å². The molecular weight excluding hydrogens is 378 g/mol. The number of nitro benzene ring substituents is 1. The van der Waals surface area contributed by atoms with Crippen molar-refractivity contribution in [3.05, 3.63) is 28.3 Å². The van der Waals surface area contributed by atoms with Gasteiger partial charge in [-0.3, -0.25) is 14.9 Å². The van der Waals surface area contributed by atoms with Crippen LogP contribution in [0.25, 0.3) is 10.2 Å². The van der Waals surface area contributed by atoms with E-state index in [9.17, 15) is 19.7 Å². The Morgan fingerprint density at radius 1 is 1.42 bits per heavy atom. The summed E-state index contributed by atoms with van der Waals surface area (Å²) in [4.78, 5) is 38.6. The van der Waals surface area contributed by atoms with E-state index < -0.39 is 16.9 Å². The lowest BCUT2D eigenvalue weighted by Gasteiger charge is -2.18. The van der Waals surface area contributed by atoms with Crippen molar-refractivity contribution in [1.29, 1.82) is 0 Å². The number of nitrogens with one attached hydrogen (secondary N) is 1. The Bertz CT molecular complexity index is 821. The molecule has 0 aliphatic rings. The van der Waals surface area contributed by atoms with E-state index in [2.05, 4.69) is 10.3 Å². The molecule has 10 heteroatoms. The number of thiazole rings is 1. The molecule has 2 rings (SSSR count). The average molecular weight is 397 g/mol. The van der Waals surface area contributed by atoms with Gasteiger partial charge < -0.3 is 10.1 Å². The van der Waals surface area contributed by atoms with Crippen LogP contribution in [-0.2, 0) is 14.3 Å². The third kappa shape index (κ3) is 5.40. The van der Waals surface area contributed by atoms with E-state index in [1.54, 1.807) is 6.07 Å². The van der Waals surface area contributed by atoms with Crippen molar-refractivity contribution in [2.75, 3.05) is 12.9 Å². The van der Waals surface area contributed by atoms with Gasteiger partial charge in [-0.25, -0.2) is 9.78 Å². The molecule has 1 N–H and O–H groups in total. The SMILES string of the molecule is COC(=O)[C@H](CC(C)C)NC(=O)CSc1nc2ccc([N+](=O)[O-])cc2s1. The number of non-ortho nitro benzene ring substituents is 1. The number of carbonyl (C=O) groups excluding carboxylic acids is 2. The second-order valence-corrected chi connectivity index (χ2v) is 8.20. The molecule has 0 saturated carbocycles. The largest absolute Gasteiger partial charge is 0.467 e. The van der Waals surface area contributed by atoms with Crippen molar-refractivity contribution in [2.45, 2.75) is 30.6 Å². The molecular formula is C16H19N3O5S2. The van der Waals surface area contributed by atoms with E-state index in [0.717, 1.165) is 0 Å². The van der Waals surface area contributed by atoms with Gasteiger partial charge in [-0.15, -0.1) is 11.3 Å². The summed E-state index contributed by atoms with van der Waals surface area (Å²) >= 11 is 2.51. The molecule has 1 aromatic heterocycles. The maximum absolute atomic E-state index is 12.1. The second-order valence-electron chi connectivity index (χ2n) is 5.95. The Kier molecular flexibility index (Phi) is 6.92. The van der Waals surface area contributed by atoms with Crippen LogP contribution in [0.3, 0.4) is 0 Å². The Morgan fingerprint density at radius 2 is 2.15 bits per heavy atom. The topological polar surface area (TPSA) is 111 Å². The van der Waals surface area contributed by atoms with Crippen LogP contribution < -0.4 is 5.32 Å². The molecule has 1 atom stereocenters. The zero-order valence-corrected chi connectivity index (χ0v) is 16.2. The van der Waals surface area contributed by atoms with Gasteiger partial charge in [0.25, 0.3) is 5.69 Å². The fourth-order valence-corrected chi connectivity index (χ4v) is 4.17. The number of rotatable bonds is 8. The number of hydrogen-bond donors (Lipinski definition) is 1. The third-order valence-electron chi connectivity index (χ3n) is 3.42. The fourth-order valence-electron chi connectivity index (χ4n) is 2.26. The van der Waals surface area contributed by atoms with Crippen molar-refractivity contribution in [1.82, 2.24) is 10.3 Å². The highest BCUT2D eigenvalue weighted by molar-refractivity contribution is 8.01. The van der Waals surface area contributed by atoms with Gasteiger partial charge in [0.05, 0.1) is 28.0 Å². The molecule has 0 radical (unpaired) electrons. The number of esters is 1. The summed E-state index contributed by atoms with van der Waals surface area (Å²) in [7, 11) is 1.29. The third-order valence-corrected chi connectivity index (χ3v) is 5.58. The van der Waals surface area contributed by atoms with Crippen LogP contribution in [0.15, 0.2) is 22.5 Å². The van der Waals surface area contributed by atoms with Crippen LogP contribution in [0.1, 0.15) is 20.3 Å². The highest BCUT2D eigenvalue weighted by Gasteiger charge is 2.22. The number of methoxy groups -OCH3 is 1. The van der Waals surface area contributed by atoms with Crippen LogP contribution in [0.5, 0.6) is 0 Å². The Hall–Kier alpha value is -2.20. The quantitative estimate of drug-likeness (QED) is 0.315. The lowest BCUT2D eigenvalue weighted by molar-refractivity contribution is -0.384. The van der Waals surface area contributed by atoms with Crippen LogP contribution in [0.2, 0.25) is 0 Å². The average Bonchev–Trinajstić information content (AvgIpc) is 3.00. The zero-order valence-electron chi connectivity index (χ0n) is 14.6. The number of nitrogens with zero attached hydrogens (tertiary/aromatic N) is 2. The van der Waals surface area contributed by atoms with Gasteiger partial charge in [0.2, 0.25) is 5.91 Å². The van der Waals surface area contributed by atoms with Gasteiger partial charge in [-0.05, 0) is 18.4 Å². The lowest BCUT2D eigenvalue weighted by Crippen LogP contribution is -2.43. The van der Waals surface area contributed by atoms with Gasteiger partial charge in [0, 0.05) is 12.1 Å². The zero-order chi connectivity index (χ0) is 19.3. The molecule has 140 valence electrons. The monoisotopic (exact) mass is 397 g/mol. The van der Waals surface area contributed by atoms with E-state index in [4.69, 9.17) is 4.74 Å². The van der Waals surface area contributed by atoms with E-state index in [1.165, 1.54) is 42.3 Å². The molecule has 0 aliphatic heterocycles. The lowest BCUT2D eigenvalue weighted by atomic mass is 10.0. The van der Waals surface area contributed by atoms with Gasteiger partial charge in [-0.2, -0.15) is 0 Å². The number of benzene rings is 1. The van der Waals surface area contributed by atoms with E-state index >= 15 is 0 Å². The molecule has 0 unspecified atom stereocenters. The molecule has 2 aromatic rings. The minimum atomic E-state index is -0.675. The van der Waals surface area contributed by atoms with Crippen molar-refractivity contribution in [2.24, 2.45) is 5.92 Å². The van der Waals surface area contributed by atoms with Gasteiger partial charge in [0.1, 0.15) is 6.04 Å². The number of thioether (sulfide) groups is 1. The van der Waals surface area contributed by atoms with E-state index in [-0.39, 0.29) is 23.3 Å². The van der Waals surface area contributed by atoms with Crippen LogP contribution >= 0.6 is 23.1 Å². The predicted molar refractivity (Wildman–Crippen MR) is 100 cm³/mol. The summed E-state index contributed by atoms with van der Waals surface area (Å²) < 4.78 is 6.04. The maximum Gasteiger partial charge on any atom is 0.328 e. The predicted octanol–water partition coefficient (Wildman–Crippen LogP) is 3.00. The number of aromatic nitrogens is 1. The Morgan fingerprint density at radius 3 is 2.77 bits per heavy atom. The summed E-state index contributed by atoms with van der Waals surface area (Å²) in [5.74, 6) is -0.444. The smallest absolute Gasteiger partial charge is 0.328 e. The number of hydrogen-bond acceptors (Lipinski definition) is 8. The van der Waals surface area contributed by atoms with Crippen LogP contribution in [0.4, 0.5) is 5.69 Å². The molecule has 26 heavy (non-hydrogen) atoms. The van der Waals surface area contributed by atoms with Crippen LogP contribution in [0, 0.1) is 16.0 Å². The van der Waals surface area contributed by atoms with Gasteiger partial charge in [-0.1, -0.05) is 25.6 Å². The number of nitro groups is 1. The summed E-state index contributed by atoms with van der Waals surface area (Å²) in [5, 5.41) is 13.5. The molecule has 0 spiro atoms. The molecule has 1 amide bonds. The van der Waals surface area contributed by atoms with Gasteiger partial charge >= 0.3 is 5.97 Å². The van der Waals surface area contributed by atoms with Gasteiger partial charge in [0.15, 0.2) is 4.34 Å². The molecule has 1 aromatic carbocycles. The minimum Gasteiger partial charge on any atom is -0.467 e. The maximum atomic E-state index is 12.1. The Balaban J connectivity index is 1.98. The highest BCUT2D eigenvalue weighted by Crippen LogP contribution is 2.31. The molecule has 8 nitrogen and oxygen atoms in total. The van der Waals surface area contributed by atoms with Crippen molar-refractivity contribution < 1.29 is 19.2 Å². The standard InChI is InChI=1S/C16H19N3O5S2/c1-9(2)6-12(15(21)24-3)17-14(20)8-25-16-18-11-5-4-10(19(22)23)7-13(11)26-16/h4-5,7,9,12H,6,8H2,1-3H3,(H,17,20)/t12-/m0/s1.